The third-order valence-electron chi connectivity index (χ3n) is 1.75. The van der Waals surface area contributed by atoms with Gasteiger partial charge in [0.25, 0.3) is 5.91 Å². The number of nitrogens with one attached hydrogen (secondary N) is 1. The van der Waals surface area contributed by atoms with E-state index in [2.05, 4.69) is 4.98 Å². The Kier molecular flexibility index (Phi) is 3.91. The Balaban J connectivity index is 3.16. The molecule has 0 bridgehead atoms. The van der Waals surface area contributed by atoms with Crippen LogP contribution >= 0.6 is 11.6 Å². The summed E-state index contributed by atoms with van der Waals surface area (Å²) < 4.78 is 37.7. The number of halogens is 4. The van der Waals surface area contributed by atoms with Gasteiger partial charge in [-0.3, -0.25) is 4.79 Å². The highest BCUT2D eigenvalue weighted by atomic mass is 35.5. The number of carbonyl (C=O) groups excluding carboxylic acids is 1. The predicted molar refractivity (Wildman–Crippen MR) is 52.2 cm³/mol. The molecule has 17 heavy (non-hydrogen) atoms. The highest BCUT2D eigenvalue weighted by Gasteiger charge is 2.35. The Morgan fingerprint density at radius 1 is 1.59 bits per heavy atom. The second-order valence-electron chi connectivity index (χ2n) is 2.89. The maximum Gasteiger partial charge on any atom is 0.417 e. The number of hydrogen-bond acceptors (Lipinski definition) is 3. The minimum atomic E-state index is -4.72. The van der Waals surface area contributed by atoms with E-state index >= 15 is 0 Å². The van der Waals surface area contributed by atoms with E-state index in [4.69, 9.17) is 16.9 Å². The Labute approximate surface area is 99.0 Å². The SMILES string of the molecule is N#CCNC(=O)c1cnc(Cl)cc1C(F)(F)F. The minimum absolute atomic E-state index is 0.367. The van der Waals surface area contributed by atoms with Crippen molar-refractivity contribution in [3.63, 3.8) is 0 Å². The molecule has 4 nitrogen and oxygen atoms in total. The van der Waals surface area contributed by atoms with Gasteiger partial charge in [-0.25, -0.2) is 4.98 Å². The standard InChI is InChI=1S/C9H5ClF3N3O/c10-7-3-6(9(11,12)13)5(4-16-7)8(17)15-2-1-14/h3-4H,2H2,(H,15,17). The van der Waals surface area contributed by atoms with Gasteiger partial charge in [0, 0.05) is 6.20 Å². The highest BCUT2D eigenvalue weighted by Crippen LogP contribution is 2.32. The maximum absolute atomic E-state index is 12.6. The number of amides is 1. The van der Waals surface area contributed by atoms with E-state index in [1.165, 1.54) is 0 Å². The van der Waals surface area contributed by atoms with Gasteiger partial charge in [0.1, 0.15) is 11.7 Å². The molecule has 1 aromatic rings. The summed E-state index contributed by atoms with van der Waals surface area (Å²) in [6, 6.07) is 2.14. The van der Waals surface area contributed by atoms with Crippen LogP contribution in [0.5, 0.6) is 0 Å². The van der Waals surface area contributed by atoms with Gasteiger partial charge in [-0.1, -0.05) is 11.6 Å². The lowest BCUT2D eigenvalue weighted by Gasteiger charge is -2.11. The fourth-order valence-electron chi connectivity index (χ4n) is 1.06. The van der Waals surface area contributed by atoms with Gasteiger partial charge < -0.3 is 5.32 Å². The van der Waals surface area contributed by atoms with E-state index in [9.17, 15) is 18.0 Å². The maximum atomic E-state index is 12.6. The molecule has 0 aliphatic heterocycles. The summed E-state index contributed by atoms with van der Waals surface area (Å²) in [6.45, 7) is -0.390. The quantitative estimate of drug-likeness (QED) is 0.656. The zero-order valence-electron chi connectivity index (χ0n) is 8.18. The number of nitrogens with zero attached hydrogens (tertiary/aromatic N) is 2. The predicted octanol–water partition coefficient (Wildman–Crippen LogP) is 2.01. The lowest BCUT2D eigenvalue weighted by Crippen LogP contribution is -2.26. The second-order valence-corrected chi connectivity index (χ2v) is 3.28. The Morgan fingerprint density at radius 3 is 2.76 bits per heavy atom. The molecule has 0 unspecified atom stereocenters. The summed E-state index contributed by atoms with van der Waals surface area (Å²) in [5.41, 5.74) is -1.86. The lowest BCUT2D eigenvalue weighted by molar-refractivity contribution is -0.138. The van der Waals surface area contributed by atoms with Gasteiger partial charge >= 0.3 is 6.18 Å². The number of pyridine rings is 1. The fourth-order valence-corrected chi connectivity index (χ4v) is 1.22. The summed E-state index contributed by atoms with van der Waals surface area (Å²) in [5.74, 6) is -1.02. The highest BCUT2D eigenvalue weighted by molar-refractivity contribution is 6.29. The van der Waals surface area contributed by atoms with Crippen LogP contribution in [0.25, 0.3) is 0 Å². The van der Waals surface area contributed by atoms with Crippen LogP contribution in [0, 0.1) is 11.3 Å². The fraction of sp³-hybridized carbons (Fsp3) is 0.222. The molecule has 0 atom stereocenters. The molecule has 0 radical (unpaired) electrons. The van der Waals surface area contributed by atoms with Gasteiger partial charge in [0.05, 0.1) is 17.2 Å². The lowest BCUT2D eigenvalue weighted by atomic mass is 10.1. The van der Waals surface area contributed by atoms with Crippen molar-refractivity contribution in [2.24, 2.45) is 0 Å². The van der Waals surface area contributed by atoms with Crippen LogP contribution in [-0.2, 0) is 6.18 Å². The van der Waals surface area contributed by atoms with Crippen molar-refractivity contribution in [3.05, 3.63) is 28.5 Å². The smallest absolute Gasteiger partial charge is 0.339 e. The van der Waals surface area contributed by atoms with Crippen LogP contribution in [0.2, 0.25) is 5.15 Å². The van der Waals surface area contributed by atoms with Crippen molar-refractivity contribution < 1.29 is 18.0 Å². The van der Waals surface area contributed by atoms with E-state index < -0.39 is 29.8 Å². The molecule has 0 saturated carbocycles. The minimum Gasteiger partial charge on any atom is -0.339 e. The average molecular weight is 264 g/mol. The molecule has 1 N–H and O–H groups in total. The first-order valence-corrected chi connectivity index (χ1v) is 4.62. The summed E-state index contributed by atoms with van der Waals surface area (Å²) in [4.78, 5) is 14.7. The van der Waals surface area contributed by atoms with Crippen molar-refractivity contribution in [3.8, 4) is 6.07 Å². The van der Waals surface area contributed by atoms with Crippen LogP contribution in [0.3, 0.4) is 0 Å². The van der Waals surface area contributed by atoms with E-state index in [0.29, 0.717) is 6.07 Å². The molecule has 0 spiro atoms. The number of hydrogen-bond donors (Lipinski definition) is 1. The van der Waals surface area contributed by atoms with Crippen molar-refractivity contribution in [1.29, 1.82) is 5.26 Å². The Hall–Kier alpha value is -1.81. The third kappa shape index (κ3) is 3.32. The van der Waals surface area contributed by atoms with Crippen LogP contribution in [-0.4, -0.2) is 17.4 Å². The van der Waals surface area contributed by atoms with Gasteiger partial charge in [-0.2, -0.15) is 18.4 Å². The van der Waals surface area contributed by atoms with Crippen molar-refractivity contribution in [2.75, 3.05) is 6.54 Å². The average Bonchev–Trinajstić information content (AvgIpc) is 2.24. The van der Waals surface area contributed by atoms with Crippen LogP contribution in [0.4, 0.5) is 13.2 Å². The summed E-state index contributed by atoms with van der Waals surface area (Å²) in [7, 11) is 0. The molecule has 90 valence electrons. The molecule has 0 fully saturated rings. The number of alkyl halides is 3. The first-order chi connectivity index (χ1) is 7.86. The molecule has 0 saturated heterocycles. The number of nitriles is 1. The molecule has 1 amide bonds. The van der Waals surface area contributed by atoms with E-state index in [1.807, 2.05) is 5.32 Å². The topological polar surface area (TPSA) is 65.8 Å². The molecule has 1 aromatic heterocycles. The first-order valence-electron chi connectivity index (χ1n) is 4.24. The zero-order valence-corrected chi connectivity index (χ0v) is 8.93. The van der Waals surface area contributed by atoms with Crippen molar-refractivity contribution in [2.45, 2.75) is 6.18 Å². The van der Waals surface area contributed by atoms with Crippen LogP contribution < -0.4 is 5.32 Å². The normalized spacial score (nSPS) is 10.8. The Bertz CT molecular complexity index is 481. The Morgan fingerprint density at radius 2 is 2.24 bits per heavy atom. The van der Waals surface area contributed by atoms with Gasteiger partial charge in [-0.15, -0.1) is 0 Å². The molecule has 0 aromatic carbocycles. The zero-order chi connectivity index (χ0) is 13.1. The van der Waals surface area contributed by atoms with Gasteiger partial charge in [0.15, 0.2) is 0 Å². The monoisotopic (exact) mass is 263 g/mol. The molecule has 8 heteroatoms. The molecular formula is C9H5ClF3N3O. The molecular weight excluding hydrogens is 259 g/mol. The third-order valence-corrected chi connectivity index (χ3v) is 1.96. The van der Waals surface area contributed by atoms with Gasteiger partial charge in [0.2, 0.25) is 0 Å². The van der Waals surface area contributed by atoms with Crippen LogP contribution in [0.1, 0.15) is 15.9 Å². The molecule has 1 rings (SSSR count). The van der Waals surface area contributed by atoms with Crippen molar-refractivity contribution in [1.82, 2.24) is 10.3 Å². The summed E-state index contributed by atoms with van der Waals surface area (Å²) in [5, 5.41) is 9.84. The number of carbonyl (C=O) groups is 1. The largest absolute Gasteiger partial charge is 0.417 e. The van der Waals surface area contributed by atoms with Gasteiger partial charge in [-0.05, 0) is 6.07 Å². The summed E-state index contributed by atoms with van der Waals surface area (Å²) in [6.07, 6.45) is -4.00. The van der Waals surface area contributed by atoms with E-state index in [1.54, 1.807) is 6.07 Å². The van der Waals surface area contributed by atoms with E-state index in [-0.39, 0.29) is 5.15 Å². The second kappa shape index (κ2) is 5.01. The number of aromatic nitrogens is 1. The summed E-state index contributed by atoms with van der Waals surface area (Å²) >= 11 is 5.34. The number of rotatable bonds is 2. The first kappa shape index (κ1) is 13.3. The van der Waals surface area contributed by atoms with Crippen molar-refractivity contribution >= 4 is 17.5 Å². The molecule has 0 aliphatic rings. The molecule has 0 aliphatic carbocycles. The molecule has 1 heterocycles. The van der Waals surface area contributed by atoms with E-state index in [0.717, 1.165) is 6.20 Å². The van der Waals surface area contributed by atoms with Crippen LogP contribution in [0.15, 0.2) is 12.3 Å².